The molecule has 1 atom stereocenters. The molecule has 0 amide bonds. The predicted octanol–water partition coefficient (Wildman–Crippen LogP) is 2.23. The zero-order valence-electron chi connectivity index (χ0n) is 8.16. The Balaban J connectivity index is 2.46. The number of hydrogen-bond acceptors (Lipinski definition) is 2. The van der Waals surface area contributed by atoms with Crippen molar-refractivity contribution in [3.05, 3.63) is 30.3 Å². The van der Waals surface area contributed by atoms with Gasteiger partial charge in [0.1, 0.15) is 0 Å². The third-order valence-electron chi connectivity index (χ3n) is 2.15. The average Bonchev–Trinajstić information content (AvgIpc) is 2.19. The number of para-hydroxylation sites is 1. The topological polar surface area (TPSA) is 38.0 Å². The molecule has 0 radical (unpaired) electrons. The first-order chi connectivity index (χ1) is 6.36. The monoisotopic (exact) mass is 178 g/mol. The van der Waals surface area contributed by atoms with Gasteiger partial charge >= 0.3 is 0 Å². The highest BCUT2D eigenvalue weighted by Crippen LogP contribution is 2.10. The molecular formula is C11H18N2. The summed E-state index contributed by atoms with van der Waals surface area (Å²) in [5.41, 5.74) is 6.70. The molecule has 1 unspecified atom stereocenters. The van der Waals surface area contributed by atoms with Crippen molar-refractivity contribution in [2.45, 2.75) is 25.8 Å². The molecule has 1 aromatic carbocycles. The zero-order valence-corrected chi connectivity index (χ0v) is 8.16. The Labute approximate surface area is 80.1 Å². The van der Waals surface area contributed by atoms with E-state index in [2.05, 4.69) is 24.4 Å². The van der Waals surface area contributed by atoms with Crippen LogP contribution in [0.1, 0.15) is 19.8 Å². The quantitative estimate of drug-likeness (QED) is 0.725. The Morgan fingerprint density at radius 2 is 2.00 bits per heavy atom. The minimum Gasteiger partial charge on any atom is -0.382 e. The fraction of sp³-hybridized carbons (Fsp3) is 0.455. The maximum absolute atomic E-state index is 5.52. The van der Waals surface area contributed by atoms with Crippen molar-refractivity contribution >= 4 is 5.69 Å². The summed E-state index contributed by atoms with van der Waals surface area (Å²) in [6.07, 6.45) is 2.15. The van der Waals surface area contributed by atoms with E-state index in [-0.39, 0.29) is 0 Å². The molecule has 13 heavy (non-hydrogen) atoms. The molecule has 0 aliphatic carbocycles. The molecule has 0 aromatic heterocycles. The van der Waals surface area contributed by atoms with Gasteiger partial charge in [0.15, 0.2) is 0 Å². The lowest BCUT2D eigenvalue weighted by atomic mass is 10.1. The van der Waals surface area contributed by atoms with Crippen LogP contribution in [0.2, 0.25) is 0 Å². The van der Waals surface area contributed by atoms with Gasteiger partial charge < -0.3 is 11.1 Å². The second kappa shape index (κ2) is 5.60. The Hall–Kier alpha value is -1.02. The van der Waals surface area contributed by atoms with Crippen molar-refractivity contribution < 1.29 is 0 Å². The zero-order chi connectivity index (χ0) is 9.52. The first-order valence-electron chi connectivity index (χ1n) is 4.88. The number of benzene rings is 1. The summed E-state index contributed by atoms with van der Waals surface area (Å²) >= 11 is 0. The Bertz CT molecular complexity index is 221. The average molecular weight is 178 g/mol. The molecule has 0 fully saturated rings. The summed E-state index contributed by atoms with van der Waals surface area (Å²) in [4.78, 5) is 0. The minimum atomic E-state index is 0.507. The van der Waals surface area contributed by atoms with Crippen LogP contribution in [0, 0.1) is 0 Å². The van der Waals surface area contributed by atoms with E-state index in [0.717, 1.165) is 19.4 Å². The van der Waals surface area contributed by atoms with Crippen LogP contribution in [0.15, 0.2) is 30.3 Å². The van der Waals surface area contributed by atoms with Crippen LogP contribution < -0.4 is 11.1 Å². The fourth-order valence-corrected chi connectivity index (χ4v) is 1.35. The molecule has 1 rings (SSSR count). The van der Waals surface area contributed by atoms with Crippen molar-refractivity contribution in [2.75, 3.05) is 11.9 Å². The van der Waals surface area contributed by atoms with E-state index in [4.69, 9.17) is 5.73 Å². The van der Waals surface area contributed by atoms with Gasteiger partial charge in [0.2, 0.25) is 0 Å². The second-order valence-electron chi connectivity index (χ2n) is 3.19. The molecule has 2 heteroatoms. The lowest BCUT2D eigenvalue weighted by molar-refractivity contribution is 0.642. The van der Waals surface area contributed by atoms with Gasteiger partial charge in [0.05, 0.1) is 0 Å². The van der Waals surface area contributed by atoms with Crippen LogP contribution in [-0.4, -0.2) is 12.6 Å². The summed E-state index contributed by atoms with van der Waals surface area (Å²) in [7, 11) is 0. The molecule has 1 aromatic rings. The van der Waals surface area contributed by atoms with Crippen LogP contribution in [0.4, 0.5) is 5.69 Å². The Morgan fingerprint density at radius 3 is 2.54 bits per heavy atom. The van der Waals surface area contributed by atoms with Gasteiger partial charge in [0.25, 0.3) is 0 Å². The molecular weight excluding hydrogens is 160 g/mol. The van der Waals surface area contributed by atoms with Gasteiger partial charge in [-0.15, -0.1) is 0 Å². The molecule has 3 N–H and O–H groups in total. The van der Waals surface area contributed by atoms with Crippen molar-refractivity contribution in [1.29, 1.82) is 0 Å². The largest absolute Gasteiger partial charge is 0.382 e. The molecule has 0 aliphatic heterocycles. The van der Waals surface area contributed by atoms with Crippen molar-refractivity contribution in [3.63, 3.8) is 0 Å². The summed E-state index contributed by atoms with van der Waals surface area (Å²) < 4.78 is 0. The number of hydrogen-bond donors (Lipinski definition) is 2. The van der Waals surface area contributed by atoms with E-state index in [1.54, 1.807) is 0 Å². The lowest BCUT2D eigenvalue weighted by Gasteiger charge is -2.16. The first kappa shape index (κ1) is 10.1. The van der Waals surface area contributed by atoms with Crippen molar-refractivity contribution in [2.24, 2.45) is 5.73 Å². The Kier molecular flexibility index (Phi) is 4.33. The third kappa shape index (κ3) is 3.47. The summed E-state index contributed by atoms with van der Waals surface area (Å²) in [5, 5.41) is 3.45. The fourth-order valence-electron chi connectivity index (χ4n) is 1.35. The molecule has 2 nitrogen and oxygen atoms in total. The van der Waals surface area contributed by atoms with E-state index in [9.17, 15) is 0 Å². The van der Waals surface area contributed by atoms with Crippen LogP contribution >= 0.6 is 0 Å². The van der Waals surface area contributed by atoms with Gasteiger partial charge in [0, 0.05) is 11.7 Å². The normalized spacial score (nSPS) is 12.5. The van der Waals surface area contributed by atoms with Gasteiger partial charge in [-0.2, -0.15) is 0 Å². The number of anilines is 1. The van der Waals surface area contributed by atoms with Gasteiger partial charge in [-0.3, -0.25) is 0 Å². The van der Waals surface area contributed by atoms with E-state index in [0.29, 0.717) is 6.04 Å². The smallest absolute Gasteiger partial charge is 0.0342 e. The molecule has 0 saturated carbocycles. The van der Waals surface area contributed by atoms with E-state index >= 15 is 0 Å². The van der Waals surface area contributed by atoms with Gasteiger partial charge in [-0.05, 0) is 31.5 Å². The summed E-state index contributed by atoms with van der Waals surface area (Å²) in [6, 6.07) is 10.8. The highest BCUT2D eigenvalue weighted by Gasteiger charge is 2.03. The Morgan fingerprint density at radius 1 is 1.31 bits per heavy atom. The number of nitrogens with two attached hydrogens (primary N) is 1. The molecule has 0 saturated heterocycles. The number of rotatable bonds is 5. The van der Waals surface area contributed by atoms with Crippen LogP contribution in [0.5, 0.6) is 0 Å². The molecule has 0 aliphatic rings. The van der Waals surface area contributed by atoms with E-state index in [1.807, 2.05) is 18.2 Å². The van der Waals surface area contributed by atoms with Gasteiger partial charge in [-0.25, -0.2) is 0 Å². The van der Waals surface area contributed by atoms with Gasteiger partial charge in [-0.1, -0.05) is 25.1 Å². The van der Waals surface area contributed by atoms with Crippen LogP contribution in [-0.2, 0) is 0 Å². The standard InChI is InChI=1S/C11H18N2/c1-2-10(8-9-12)13-11-6-4-3-5-7-11/h3-7,10,13H,2,8-9,12H2,1H3. The number of nitrogens with one attached hydrogen (secondary N) is 1. The maximum atomic E-state index is 5.52. The van der Waals surface area contributed by atoms with E-state index in [1.165, 1.54) is 5.69 Å². The highest BCUT2D eigenvalue weighted by molar-refractivity contribution is 5.43. The predicted molar refractivity (Wildman–Crippen MR) is 57.8 cm³/mol. The van der Waals surface area contributed by atoms with Crippen molar-refractivity contribution in [1.82, 2.24) is 0 Å². The molecule has 0 spiro atoms. The second-order valence-corrected chi connectivity index (χ2v) is 3.19. The highest BCUT2D eigenvalue weighted by atomic mass is 14.9. The maximum Gasteiger partial charge on any atom is 0.0342 e. The molecule has 72 valence electrons. The van der Waals surface area contributed by atoms with Crippen LogP contribution in [0.25, 0.3) is 0 Å². The summed E-state index contributed by atoms with van der Waals surface area (Å²) in [5.74, 6) is 0. The minimum absolute atomic E-state index is 0.507. The van der Waals surface area contributed by atoms with E-state index < -0.39 is 0 Å². The van der Waals surface area contributed by atoms with Crippen molar-refractivity contribution in [3.8, 4) is 0 Å². The molecule has 0 bridgehead atoms. The first-order valence-corrected chi connectivity index (χ1v) is 4.88. The SMILES string of the molecule is CCC(CCN)Nc1ccccc1. The lowest BCUT2D eigenvalue weighted by Crippen LogP contribution is -2.22. The third-order valence-corrected chi connectivity index (χ3v) is 2.15. The molecule has 0 heterocycles. The van der Waals surface area contributed by atoms with Crippen LogP contribution in [0.3, 0.4) is 0 Å². The summed E-state index contributed by atoms with van der Waals surface area (Å²) in [6.45, 7) is 2.93.